The van der Waals surface area contributed by atoms with Crippen LogP contribution in [-0.2, 0) is 17.8 Å². The van der Waals surface area contributed by atoms with E-state index in [0.717, 1.165) is 47.3 Å². The van der Waals surface area contributed by atoms with Crippen molar-refractivity contribution >= 4 is 28.3 Å². The fourth-order valence-corrected chi connectivity index (χ4v) is 3.54. The van der Waals surface area contributed by atoms with Crippen LogP contribution in [0.3, 0.4) is 0 Å². The Hall–Kier alpha value is -3.08. The van der Waals surface area contributed by atoms with Crippen LogP contribution in [0.2, 0.25) is 0 Å². The first kappa shape index (κ1) is 17.3. The third kappa shape index (κ3) is 3.58. The molecule has 5 heteroatoms. The molecule has 0 saturated carbocycles. The lowest BCUT2D eigenvalue weighted by atomic mass is 10.1. The molecule has 1 saturated heterocycles. The highest BCUT2D eigenvalue weighted by Gasteiger charge is 2.21. The van der Waals surface area contributed by atoms with Crippen molar-refractivity contribution < 1.29 is 9.21 Å². The van der Waals surface area contributed by atoms with Gasteiger partial charge in [-0.25, -0.2) is 4.79 Å². The van der Waals surface area contributed by atoms with Crippen LogP contribution in [0.25, 0.3) is 11.0 Å². The number of hydrogen-bond donors (Lipinski definition) is 1. The minimum absolute atomic E-state index is 0.172. The van der Waals surface area contributed by atoms with E-state index in [1.54, 1.807) is 0 Å². The number of amides is 1. The van der Waals surface area contributed by atoms with Crippen molar-refractivity contribution in [1.82, 2.24) is 0 Å². The molecule has 0 aliphatic carbocycles. The van der Waals surface area contributed by atoms with E-state index in [-0.39, 0.29) is 11.5 Å². The summed E-state index contributed by atoms with van der Waals surface area (Å²) in [6, 6.07) is 15.4. The molecule has 3 aromatic rings. The van der Waals surface area contributed by atoms with Gasteiger partial charge in [0.2, 0.25) is 5.91 Å². The van der Waals surface area contributed by atoms with Gasteiger partial charge in [0.1, 0.15) is 5.58 Å². The fraction of sp³-hybridized carbons (Fsp3) is 0.273. The smallest absolute Gasteiger partial charge is 0.336 e. The molecule has 4 rings (SSSR count). The fourth-order valence-electron chi connectivity index (χ4n) is 3.54. The second-order valence-corrected chi connectivity index (χ2v) is 6.83. The number of rotatable bonds is 5. The molecule has 0 unspecified atom stereocenters. The van der Waals surface area contributed by atoms with Crippen molar-refractivity contribution in [3.05, 3.63) is 70.1 Å². The first-order chi connectivity index (χ1) is 13.1. The van der Waals surface area contributed by atoms with Crippen molar-refractivity contribution in [3.63, 3.8) is 0 Å². The number of anilines is 2. The minimum Gasteiger partial charge on any atom is -0.423 e. The number of hydrogen-bond acceptors (Lipinski definition) is 4. The average molecular weight is 362 g/mol. The topological polar surface area (TPSA) is 62.6 Å². The molecule has 138 valence electrons. The standard InChI is InChI=1S/C22H22N2O3/c1-2-15-8-9-19-16(12-22(26)27-20(19)11-15)14-23-17-5-3-6-18(13-17)24-10-4-7-21(24)25/h3,5-6,8-9,11-13,23H,2,4,7,10,14H2,1H3. The second-order valence-electron chi connectivity index (χ2n) is 6.83. The summed E-state index contributed by atoms with van der Waals surface area (Å²) < 4.78 is 5.37. The number of carbonyl (C=O) groups excluding carboxylic acids is 1. The van der Waals surface area contributed by atoms with Crippen molar-refractivity contribution in [2.75, 3.05) is 16.8 Å². The summed E-state index contributed by atoms with van der Waals surface area (Å²) in [7, 11) is 0. The summed E-state index contributed by atoms with van der Waals surface area (Å²) in [6.45, 7) is 3.35. The molecule has 0 spiro atoms. The molecule has 1 aliphatic heterocycles. The SMILES string of the molecule is CCc1ccc2c(CNc3cccc(N4CCCC4=O)c3)cc(=O)oc2c1. The van der Waals surface area contributed by atoms with Crippen molar-refractivity contribution in [2.45, 2.75) is 32.7 Å². The summed E-state index contributed by atoms with van der Waals surface area (Å²) in [5.41, 5.74) is 4.13. The predicted molar refractivity (Wildman–Crippen MR) is 107 cm³/mol. The average Bonchev–Trinajstić information content (AvgIpc) is 3.11. The molecule has 27 heavy (non-hydrogen) atoms. The van der Waals surface area contributed by atoms with Crippen LogP contribution < -0.4 is 15.8 Å². The maximum absolute atomic E-state index is 12.0. The maximum Gasteiger partial charge on any atom is 0.336 e. The Morgan fingerprint density at radius 3 is 2.78 bits per heavy atom. The van der Waals surface area contributed by atoms with E-state index >= 15 is 0 Å². The van der Waals surface area contributed by atoms with Gasteiger partial charge in [-0.05, 0) is 48.2 Å². The van der Waals surface area contributed by atoms with E-state index in [1.165, 1.54) is 6.07 Å². The summed E-state index contributed by atoms with van der Waals surface area (Å²) in [5, 5.41) is 4.30. The molecule has 1 amide bonds. The molecule has 2 aromatic carbocycles. The van der Waals surface area contributed by atoms with Crippen molar-refractivity contribution in [1.29, 1.82) is 0 Å². The van der Waals surface area contributed by atoms with Crippen LogP contribution in [0.4, 0.5) is 11.4 Å². The molecule has 1 N–H and O–H groups in total. The summed E-state index contributed by atoms with van der Waals surface area (Å²) >= 11 is 0. The number of carbonyl (C=O) groups is 1. The highest BCUT2D eigenvalue weighted by atomic mass is 16.4. The molecule has 1 fully saturated rings. The molecule has 2 heterocycles. The molecular formula is C22H22N2O3. The molecule has 0 radical (unpaired) electrons. The monoisotopic (exact) mass is 362 g/mol. The molecule has 1 aliphatic rings. The van der Waals surface area contributed by atoms with Crippen molar-refractivity contribution in [3.8, 4) is 0 Å². The summed E-state index contributed by atoms with van der Waals surface area (Å²) in [6.07, 6.45) is 2.41. The molecule has 0 bridgehead atoms. The molecular weight excluding hydrogens is 340 g/mol. The Bertz CT molecular complexity index is 1050. The van der Waals surface area contributed by atoms with Gasteiger partial charge in [-0.1, -0.05) is 25.1 Å². The lowest BCUT2D eigenvalue weighted by Gasteiger charge is -2.17. The Labute approximate surface area is 157 Å². The largest absolute Gasteiger partial charge is 0.423 e. The number of nitrogens with zero attached hydrogens (tertiary/aromatic N) is 1. The highest BCUT2D eigenvalue weighted by molar-refractivity contribution is 5.95. The van der Waals surface area contributed by atoms with Crippen LogP contribution >= 0.6 is 0 Å². The number of nitrogens with one attached hydrogen (secondary N) is 1. The van der Waals surface area contributed by atoms with Crippen LogP contribution in [-0.4, -0.2) is 12.5 Å². The van der Waals surface area contributed by atoms with E-state index in [0.29, 0.717) is 18.5 Å². The van der Waals surface area contributed by atoms with Gasteiger partial charge in [0.05, 0.1) is 0 Å². The molecule has 5 nitrogen and oxygen atoms in total. The first-order valence-electron chi connectivity index (χ1n) is 9.34. The van der Waals surface area contributed by atoms with Gasteiger partial charge in [0.25, 0.3) is 0 Å². The van der Waals surface area contributed by atoms with Gasteiger partial charge in [-0.15, -0.1) is 0 Å². The predicted octanol–water partition coefficient (Wildman–Crippen LogP) is 4.09. The third-order valence-electron chi connectivity index (χ3n) is 5.02. The van der Waals surface area contributed by atoms with E-state index in [9.17, 15) is 9.59 Å². The first-order valence-corrected chi connectivity index (χ1v) is 9.34. The van der Waals surface area contributed by atoms with Crippen LogP contribution in [0, 0.1) is 0 Å². The van der Waals surface area contributed by atoms with E-state index in [2.05, 4.69) is 18.3 Å². The highest BCUT2D eigenvalue weighted by Crippen LogP contribution is 2.25. The summed E-state index contributed by atoms with van der Waals surface area (Å²) in [5.74, 6) is 0.172. The van der Waals surface area contributed by atoms with Gasteiger partial charge in [-0.2, -0.15) is 0 Å². The van der Waals surface area contributed by atoms with Crippen molar-refractivity contribution in [2.24, 2.45) is 0 Å². The molecule has 1 aromatic heterocycles. The Morgan fingerprint density at radius 2 is 2.00 bits per heavy atom. The van der Waals surface area contributed by atoms with Crippen LogP contribution in [0.1, 0.15) is 30.9 Å². The number of aryl methyl sites for hydroxylation is 1. The van der Waals surface area contributed by atoms with E-state index < -0.39 is 0 Å². The lowest BCUT2D eigenvalue weighted by molar-refractivity contribution is -0.117. The Morgan fingerprint density at radius 1 is 1.11 bits per heavy atom. The van der Waals surface area contributed by atoms with Gasteiger partial charge in [-0.3, -0.25) is 4.79 Å². The van der Waals surface area contributed by atoms with Crippen LogP contribution in [0.15, 0.2) is 57.7 Å². The molecule has 0 atom stereocenters. The van der Waals surface area contributed by atoms with Gasteiger partial charge < -0.3 is 14.6 Å². The lowest BCUT2D eigenvalue weighted by Crippen LogP contribution is -2.23. The van der Waals surface area contributed by atoms with Crippen LogP contribution in [0.5, 0.6) is 0 Å². The van der Waals surface area contributed by atoms with Gasteiger partial charge >= 0.3 is 5.63 Å². The summed E-state index contributed by atoms with van der Waals surface area (Å²) in [4.78, 5) is 25.7. The van der Waals surface area contributed by atoms with E-state index in [1.807, 2.05) is 41.3 Å². The zero-order chi connectivity index (χ0) is 18.8. The number of fused-ring (bicyclic) bond motifs is 1. The number of benzene rings is 2. The second kappa shape index (κ2) is 7.27. The Balaban J connectivity index is 1.59. The normalized spacial score (nSPS) is 14.1. The third-order valence-corrected chi connectivity index (χ3v) is 5.02. The van der Waals surface area contributed by atoms with Gasteiger partial charge in [0, 0.05) is 42.3 Å². The maximum atomic E-state index is 12.0. The van der Waals surface area contributed by atoms with Gasteiger partial charge in [0.15, 0.2) is 0 Å². The minimum atomic E-state index is -0.344. The Kier molecular flexibility index (Phi) is 4.67. The zero-order valence-corrected chi connectivity index (χ0v) is 15.3. The zero-order valence-electron chi connectivity index (χ0n) is 15.3. The quantitative estimate of drug-likeness (QED) is 0.694. The van der Waals surface area contributed by atoms with E-state index in [4.69, 9.17) is 4.42 Å².